The molecule has 0 spiro atoms. The predicted octanol–water partition coefficient (Wildman–Crippen LogP) is 2.29. The first-order chi connectivity index (χ1) is 8.69. The fourth-order valence-corrected chi connectivity index (χ4v) is 1.59. The maximum absolute atomic E-state index is 8.71. The minimum atomic E-state index is 0.570. The highest BCUT2D eigenvalue weighted by atomic mass is 15.2. The van der Waals surface area contributed by atoms with Gasteiger partial charge in [-0.1, -0.05) is 6.07 Å². The van der Waals surface area contributed by atoms with E-state index in [1.807, 2.05) is 43.3 Å². The van der Waals surface area contributed by atoms with E-state index in [1.54, 1.807) is 12.3 Å². The third-order valence-corrected chi connectivity index (χ3v) is 2.64. The van der Waals surface area contributed by atoms with Crippen molar-refractivity contribution in [2.75, 3.05) is 11.9 Å². The van der Waals surface area contributed by atoms with Crippen molar-refractivity contribution in [2.24, 2.45) is 0 Å². The molecule has 0 amide bonds. The number of pyridine rings is 2. The van der Waals surface area contributed by atoms with Crippen LogP contribution in [-0.4, -0.2) is 17.0 Å². The van der Waals surface area contributed by atoms with Crippen LogP contribution in [0, 0.1) is 18.3 Å². The van der Waals surface area contributed by atoms with Crippen molar-refractivity contribution in [1.82, 2.24) is 9.97 Å². The molecule has 90 valence electrons. The quantitative estimate of drug-likeness (QED) is 0.823. The van der Waals surface area contributed by atoms with Crippen molar-refractivity contribution >= 4 is 5.82 Å². The van der Waals surface area contributed by atoms with Crippen molar-refractivity contribution in [3.63, 3.8) is 0 Å². The Hall–Kier alpha value is -2.41. The van der Waals surface area contributed by atoms with Gasteiger partial charge in [-0.3, -0.25) is 4.98 Å². The van der Waals surface area contributed by atoms with E-state index < -0.39 is 0 Å². The molecule has 0 aromatic carbocycles. The molecule has 4 nitrogen and oxygen atoms in total. The zero-order chi connectivity index (χ0) is 13.0. The molecule has 4 heteroatoms. The molecule has 0 unspecified atom stereocenters. The number of nitriles is 1. The maximum atomic E-state index is 8.71. The van der Waals surface area contributed by atoms with E-state index in [2.05, 4.69) is 16.0 Å². The van der Waals surface area contributed by atoms with Gasteiger partial charge in [-0.15, -0.1) is 0 Å². The van der Waals surface area contributed by atoms with Crippen LogP contribution in [0.1, 0.15) is 16.8 Å². The summed E-state index contributed by atoms with van der Waals surface area (Å²) in [6.07, 6.45) is 3.43. The number of nitrogens with zero attached hydrogens (tertiary/aromatic N) is 4. The summed E-state index contributed by atoms with van der Waals surface area (Å²) in [6.45, 7) is 2.71. The Morgan fingerprint density at radius 3 is 2.56 bits per heavy atom. The third kappa shape index (κ3) is 2.83. The Kier molecular flexibility index (Phi) is 3.54. The Labute approximate surface area is 107 Å². The van der Waals surface area contributed by atoms with Gasteiger partial charge in [0.25, 0.3) is 0 Å². The third-order valence-electron chi connectivity index (χ3n) is 2.64. The zero-order valence-electron chi connectivity index (χ0n) is 10.5. The molecule has 0 atom stereocenters. The van der Waals surface area contributed by atoms with Gasteiger partial charge in [0.2, 0.25) is 0 Å². The topological polar surface area (TPSA) is 52.8 Å². The zero-order valence-corrected chi connectivity index (χ0v) is 10.5. The summed E-state index contributed by atoms with van der Waals surface area (Å²) in [5, 5.41) is 8.71. The van der Waals surface area contributed by atoms with Crippen LogP contribution in [0.2, 0.25) is 0 Å². The van der Waals surface area contributed by atoms with E-state index in [0.717, 1.165) is 17.1 Å². The molecule has 0 fully saturated rings. The van der Waals surface area contributed by atoms with Crippen molar-refractivity contribution in [1.29, 1.82) is 5.26 Å². The average Bonchev–Trinajstić information content (AvgIpc) is 2.41. The molecule has 0 saturated heterocycles. The summed E-state index contributed by atoms with van der Waals surface area (Å²) in [7, 11) is 1.95. The molecule has 0 aliphatic heterocycles. The largest absolute Gasteiger partial charge is 0.354 e. The van der Waals surface area contributed by atoms with Gasteiger partial charge in [0, 0.05) is 19.4 Å². The molecule has 0 bridgehead atoms. The number of aromatic nitrogens is 2. The predicted molar refractivity (Wildman–Crippen MR) is 70.0 cm³/mol. The molecule has 0 saturated carbocycles. The SMILES string of the molecule is Cc1ccc(CN(C)c2ccc(C#N)cn2)nc1. The van der Waals surface area contributed by atoms with Crippen LogP contribution in [0.15, 0.2) is 36.7 Å². The second-order valence-corrected chi connectivity index (χ2v) is 4.20. The monoisotopic (exact) mass is 238 g/mol. The number of rotatable bonds is 3. The van der Waals surface area contributed by atoms with Gasteiger partial charge < -0.3 is 4.90 Å². The van der Waals surface area contributed by atoms with Crippen LogP contribution in [0.4, 0.5) is 5.82 Å². The fourth-order valence-electron chi connectivity index (χ4n) is 1.59. The van der Waals surface area contributed by atoms with Crippen LogP contribution in [-0.2, 0) is 6.54 Å². The smallest absolute Gasteiger partial charge is 0.128 e. The lowest BCUT2D eigenvalue weighted by Gasteiger charge is -2.17. The van der Waals surface area contributed by atoms with E-state index in [9.17, 15) is 0 Å². The van der Waals surface area contributed by atoms with E-state index in [-0.39, 0.29) is 0 Å². The summed E-state index contributed by atoms with van der Waals surface area (Å²) in [6, 6.07) is 9.71. The minimum absolute atomic E-state index is 0.570. The summed E-state index contributed by atoms with van der Waals surface area (Å²) >= 11 is 0. The highest BCUT2D eigenvalue weighted by molar-refractivity contribution is 5.41. The number of hydrogen-bond donors (Lipinski definition) is 0. The molecule has 0 aliphatic carbocycles. The average molecular weight is 238 g/mol. The molecular formula is C14H14N4. The summed E-state index contributed by atoms with van der Waals surface area (Å²) in [5.74, 6) is 0.830. The molecule has 2 rings (SSSR count). The van der Waals surface area contributed by atoms with E-state index in [0.29, 0.717) is 12.1 Å². The molecule has 2 aromatic rings. The first kappa shape index (κ1) is 12.1. The Balaban J connectivity index is 2.09. The van der Waals surface area contributed by atoms with E-state index in [4.69, 9.17) is 5.26 Å². The fraction of sp³-hybridized carbons (Fsp3) is 0.214. The molecule has 2 aromatic heterocycles. The number of anilines is 1. The van der Waals surface area contributed by atoms with E-state index >= 15 is 0 Å². The summed E-state index contributed by atoms with van der Waals surface area (Å²) in [4.78, 5) is 10.6. The lowest BCUT2D eigenvalue weighted by atomic mass is 10.2. The molecule has 0 aliphatic rings. The van der Waals surface area contributed by atoms with Crippen LogP contribution >= 0.6 is 0 Å². The maximum Gasteiger partial charge on any atom is 0.128 e. The standard InChI is InChI=1S/C14H14N4/c1-11-3-5-13(16-8-11)10-18(2)14-6-4-12(7-15)9-17-14/h3-6,8-9H,10H2,1-2H3. The van der Waals surface area contributed by atoms with Crippen LogP contribution in [0.3, 0.4) is 0 Å². The second-order valence-electron chi connectivity index (χ2n) is 4.20. The highest BCUT2D eigenvalue weighted by Crippen LogP contribution is 2.12. The van der Waals surface area contributed by atoms with Crippen molar-refractivity contribution in [2.45, 2.75) is 13.5 Å². The minimum Gasteiger partial charge on any atom is -0.354 e. The molecule has 0 radical (unpaired) electrons. The van der Waals surface area contributed by atoms with Gasteiger partial charge in [-0.2, -0.15) is 5.26 Å². The molecule has 18 heavy (non-hydrogen) atoms. The lowest BCUT2D eigenvalue weighted by Crippen LogP contribution is -2.18. The Bertz CT molecular complexity index is 552. The van der Waals surface area contributed by atoms with Crippen LogP contribution in [0.25, 0.3) is 0 Å². The molecule has 0 N–H and O–H groups in total. The van der Waals surface area contributed by atoms with Gasteiger partial charge in [0.05, 0.1) is 17.8 Å². The first-order valence-corrected chi connectivity index (χ1v) is 5.68. The molecule has 2 heterocycles. The van der Waals surface area contributed by atoms with Gasteiger partial charge in [-0.05, 0) is 30.7 Å². The van der Waals surface area contributed by atoms with E-state index in [1.165, 1.54) is 0 Å². The van der Waals surface area contributed by atoms with Gasteiger partial charge in [0.15, 0.2) is 0 Å². The highest BCUT2D eigenvalue weighted by Gasteiger charge is 2.04. The van der Waals surface area contributed by atoms with Gasteiger partial charge >= 0.3 is 0 Å². The number of hydrogen-bond acceptors (Lipinski definition) is 4. The van der Waals surface area contributed by atoms with Crippen molar-refractivity contribution in [3.8, 4) is 6.07 Å². The Morgan fingerprint density at radius 2 is 2.00 bits per heavy atom. The second kappa shape index (κ2) is 5.28. The Morgan fingerprint density at radius 1 is 1.17 bits per heavy atom. The van der Waals surface area contributed by atoms with Crippen LogP contribution < -0.4 is 4.90 Å². The summed E-state index contributed by atoms with van der Waals surface area (Å²) < 4.78 is 0. The normalized spacial score (nSPS) is 9.83. The lowest BCUT2D eigenvalue weighted by molar-refractivity contribution is 0.864. The van der Waals surface area contributed by atoms with Crippen molar-refractivity contribution in [3.05, 3.63) is 53.5 Å². The summed E-state index contributed by atoms with van der Waals surface area (Å²) in [5.41, 5.74) is 2.72. The van der Waals surface area contributed by atoms with Gasteiger partial charge in [-0.25, -0.2) is 4.98 Å². The van der Waals surface area contributed by atoms with Crippen LogP contribution in [0.5, 0.6) is 0 Å². The van der Waals surface area contributed by atoms with Crippen molar-refractivity contribution < 1.29 is 0 Å². The van der Waals surface area contributed by atoms with Gasteiger partial charge in [0.1, 0.15) is 11.9 Å². The number of aryl methyl sites for hydroxylation is 1. The first-order valence-electron chi connectivity index (χ1n) is 5.68. The molecular weight excluding hydrogens is 224 g/mol.